The van der Waals surface area contributed by atoms with Gasteiger partial charge in [0.2, 0.25) is 5.91 Å². The normalized spacial score (nSPS) is 22.6. The third-order valence-electron chi connectivity index (χ3n) is 6.83. The van der Waals surface area contributed by atoms with Crippen LogP contribution in [0.1, 0.15) is 63.9 Å². The summed E-state index contributed by atoms with van der Waals surface area (Å²) >= 11 is 0. The van der Waals surface area contributed by atoms with Crippen LogP contribution in [0.2, 0.25) is 0 Å². The molecule has 6 heteroatoms. The third-order valence-corrected chi connectivity index (χ3v) is 6.83. The van der Waals surface area contributed by atoms with Gasteiger partial charge in [-0.05, 0) is 50.5 Å². The highest BCUT2D eigenvalue weighted by Crippen LogP contribution is 2.36. The summed E-state index contributed by atoms with van der Waals surface area (Å²) in [4.78, 5) is 17.9. The molecule has 2 aliphatic carbocycles. The number of ether oxygens (including phenoxy) is 2. The SMILES string of the molecule is CC#N.COc1ccc(CN(CC(=O)N2CCCC3CCCCC32)C2CC2)c(OC)c1. The van der Waals surface area contributed by atoms with Crippen molar-refractivity contribution in [3.63, 3.8) is 0 Å². The molecule has 31 heavy (non-hydrogen) atoms. The molecule has 0 radical (unpaired) electrons. The molecule has 0 spiro atoms. The number of fused-ring (bicyclic) bond motifs is 1. The molecule has 0 N–H and O–H groups in total. The first kappa shape index (κ1) is 23.4. The van der Waals surface area contributed by atoms with Crippen LogP contribution in [0.4, 0.5) is 0 Å². The minimum absolute atomic E-state index is 0.330. The van der Waals surface area contributed by atoms with E-state index in [2.05, 4.69) is 15.9 Å². The van der Waals surface area contributed by atoms with Gasteiger partial charge in [-0.15, -0.1) is 0 Å². The van der Waals surface area contributed by atoms with Crippen molar-refractivity contribution < 1.29 is 14.3 Å². The molecule has 1 aromatic rings. The van der Waals surface area contributed by atoms with Gasteiger partial charge < -0.3 is 14.4 Å². The molecule has 4 rings (SSSR count). The van der Waals surface area contributed by atoms with Crippen LogP contribution >= 0.6 is 0 Å². The molecular weight excluding hydrogens is 390 g/mol. The molecule has 6 nitrogen and oxygen atoms in total. The van der Waals surface area contributed by atoms with Crippen LogP contribution in [0.5, 0.6) is 11.5 Å². The van der Waals surface area contributed by atoms with Crippen LogP contribution in [-0.2, 0) is 11.3 Å². The predicted octanol–water partition coefficient (Wildman–Crippen LogP) is 4.38. The average Bonchev–Trinajstić information content (AvgIpc) is 3.64. The summed E-state index contributed by atoms with van der Waals surface area (Å²) < 4.78 is 10.9. The number of piperidine rings is 1. The fourth-order valence-corrected chi connectivity index (χ4v) is 5.15. The fraction of sp³-hybridized carbons (Fsp3) is 0.680. The summed E-state index contributed by atoms with van der Waals surface area (Å²) in [5, 5.41) is 7.32. The Hall–Kier alpha value is -2.26. The predicted molar refractivity (Wildman–Crippen MR) is 121 cm³/mol. The van der Waals surface area contributed by atoms with Crippen molar-refractivity contribution >= 4 is 5.91 Å². The second-order valence-electron chi connectivity index (χ2n) is 8.88. The zero-order chi connectivity index (χ0) is 22.2. The van der Waals surface area contributed by atoms with Gasteiger partial charge in [0.1, 0.15) is 11.5 Å². The Labute approximate surface area is 187 Å². The van der Waals surface area contributed by atoms with E-state index in [-0.39, 0.29) is 0 Å². The second kappa shape index (κ2) is 11.4. The van der Waals surface area contributed by atoms with Gasteiger partial charge in [0.15, 0.2) is 0 Å². The fourth-order valence-electron chi connectivity index (χ4n) is 5.15. The maximum Gasteiger partial charge on any atom is 0.237 e. The number of carbonyl (C=O) groups is 1. The average molecular weight is 428 g/mol. The quantitative estimate of drug-likeness (QED) is 0.646. The van der Waals surface area contributed by atoms with E-state index in [1.165, 1.54) is 58.3 Å². The monoisotopic (exact) mass is 427 g/mol. The first-order valence-electron chi connectivity index (χ1n) is 11.7. The molecule has 1 aromatic carbocycles. The molecule has 170 valence electrons. The Balaban J connectivity index is 0.000000858. The lowest BCUT2D eigenvalue weighted by atomic mass is 9.78. The number of nitriles is 1. The lowest BCUT2D eigenvalue weighted by Gasteiger charge is -2.44. The minimum Gasteiger partial charge on any atom is -0.497 e. The van der Waals surface area contributed by atoms with Crippen LogP contribution in [0.15, 0.2) is 18.2 Å². The Kier molecular flexibility index (Phi) is 8.60. The third kappa shape index (κ3) is 6.13. The van der Waals surface area contributed by atoms with Crippen molar-refractivity contribution in [2.45, 2.75) is 76.9 Å². The molecule has 0 aromatic heterocycles. The smallest absolute Gasteiger partial charge is 0.237 e. The highest BCUT2D eigenvalue weighted by Gasteiger charge is 2.38. The van der Waals surface area contributed by atoms with Gasteiger partial charge in [0, 0.05) is 43.7 Å². The molecule has 3 aliphatic rings. The number of carbonyl (C=O) groups excluding carboxylic acids is 1. The van der Waals surface area contributed by atoms with Crippen molar-refractivity contribution in [1.29, 1.82) is 5.26 Å². The van der Waals surface area contributed by atoms with E-state index in [0.717, 1.165) is 36.1 Å². The summed E-state index contributed by atoms with van der Waals surface area (Å²) in [5.41, 5.74) is 1.12. The molecule has 1 heterocycles. The van der Waals surface area contributed by atoms with E-state index < -0.39 is 0 Å². The molecule has 2 atom stereocenters. The first-order chi connectivity index (χ1) is 15.1. The molecule has 1 saturated heterocycles. The summed E-state index contributed by atoms with van der Waals surface area (Å²) in [5.74, 6) is 2.70. The second-order valence-corrected chi connectivity index (χ2v) is 8.88. The topological polar surface area (TPSA) is 65.8 Å². The van der Waals surface area contributed by atoms with E-state index in [0.29, 0.717) is 24.5 Å². The molecule has 0 bridgehead atoms. The van der Waals surface area contributed by atoms with E-state index in [1.54, 1.807) is 20.3 Å². The number of hydrogen-bond acceptors (Lipinski definition) is 5. The van der Waals surface area contributed by atoms with Crippen molar-refractivity contribution in [1.82, 2.24) is 9.80 Å². The van der Waals surface area contributed by atoms with Crippen molar-refractivity contribution in [2.24, 2.45) is 5.92 Å². The Bertz CT molecular complexity index is 770. The zero-order valence-corrected chi connectivity index (χ0v) is 19.3. The van der Waals surface area contributed by atoms with Crippen LogP contribution in [0, 0.1) is 17.2 Å². The Morgan fingerprint density at radius 3 is 2.52 bits per heavy atom. The van der Waals surface area contributed by atoms with Crippen LogP contribution in [-0.4, -0.2) is 55.1 Å². The van der Waals surface area contributed by atoms with Gasteiger partial charge in [0.25, 0.3) is 0 Å². The number of rotatable bonds is 7. The first-order valence-corrected chi connectivity index (χ1v) is 11.7. The van der Waals surface area contributed by atoms with Crippen LogP contribution in [0.3, 0.4) is 0 Å². The Morgan fingerprint density at radius 1 is 1.13 bits per heavy atom. The van der Waals surface area contributed by atoms with Gasteiger partial charge in [-0.2, -0.15) is 5.26 Å². The summed E-state index contributed by atoms with van der Waals surface area (Å²) in [7, 11) is 3.36. The molecular formula is C25H37N3O3. The maximum atomic E-state index is 13.3. The van der Waals surface area contributed by atoms with E-state index >= 15 is 0 Å². The van der Waals surface area contributed by atoms with Crippen molar-refractivity contribution in [2.75, 3.05) is 27.3 Å². The molecule has 3 fully saturated rings. The van der Waals surface area contributed by atoms with Gasteiger partial charge in [-0.3, -0.25) is 9.69 Å². The largest absolute Gasteiger partial charge is 0.497 e. The van der Waals surface area contributed by atoms with Crippen LogP contribution < -0.4 is 9.47 Å². The maximum absolute atomic E-state index is 13.3. The molecule has 2 saturated carbocycles. The van der Waals surface area contributed by atoms with E-state index in [1.807, 2.05) is 12.1 Å². The summed E-state index contributed by atoms with van der Waals surface area (Å²) in [6, 6.07) is 8.74. The van der Waals surface area contributed by atoms with Crippen LogP contribution in [0.25, 0.3) is 0 Å². The van der Waals surface area contributed by atoms with Crippen molar-refractivity contribution in [3.8, 4) is 17.6 Å². The van der Waals surface area contributed by atoms with Crippen molar-refractivity contribution in [3.05, 3.63) is 23.8 Å². The number of nitrogens with zero attached hydrogens (tertiary/aromatic N) is 3. The lowest BCUT2D eigenvalue weighted by molar-refractivity contribution is -0.139. The molecule has 1 aliphatic heterocycles. The highest BCUT2D eigenvalue weighted by atomic mass is 16.5. The van der Waals surface area contributed by atoms with Gasteiger partial charge in [-0.1, -0.05) is 18.9 Å². The number of benzene rings is 1. The highest BCUT2D eigenvalue weighted by molar-refractivity contribution is 5.79. The summed E-state index contributed by atoms with van der Waals surface area (Å²) in [6.45, 7) is 3.67. The van der Waals surface area contributed by atoms with Gasteiger partial charge in [0.05, 0.1) is 26.8 Å². The molecule has 2 unspecified atom stereocenters. The molecule has 1 amide bonds. The number of amides is 1. The van der Waals surface area contributed by atoms with Gasteiger partial charge >= 0.3 is 0 Å². The van der Waals surface area contributed by atoms with E-state index in [9.17, 15) is 4.79 Å². The van der Waals surface area contributed by atoms with E-state index in [4.69, 9.17) is 14.7 Å². The Morgan fingerprint density at radius 2 is 1.84 bits per heavy atom. The number of hydrogen-bond donors (Lipinski definition) is 0. The summed E-state index contributed by atoms with van der Waals surface area (Å²) in [6.07, 6.45) is 9.99. The lowest BCUT2D eigenvalue weighted by Crippen LogP contribution is -2.52. The zero-order valence-electron chi connectivity index (χ0n) is 19.3. The minimum atomic E-state index is 0.330. The standard InChI is InChI=1S/C23H34N2O3.C2H3N/c1-27-20-12-9-18(22(14-20)28-2)15-24(19-10-11-19)16-23(26)25-13-5-7-17-6-3-4-8-21(17)25;1-2-3/h9,12,14,17,19,21H,3-8,10-11,13,15-16H2,1-2H3;1H3. The number of methoxy groups -OCH3 is 2. The van der Waals surface area contributed by atoms with Gasteiger partial charge in [-0.25, -0.2) is 0 Å². The number of likely N-dealkylation sites (tertiary alicyclic amines) is 1.